The molecule has 0 aromatic heterocycles. The molecule has 0 aliphatic rings. The van der Waals surface area contributed by atoms with Crippen LogP contribution in [0.5, 0.6) is 5.75 Å². The molecule has 2 aromatic carbocycles. The fourth-order valence-electron chi connectivity index (χ4n) is 1.70. The molecule has 0 N–H and O–H groups in total. The number of rotatable bonds is 6. The normalized spacial score (nSPS) is 11.8. The van der Waals surface area contributed by atoms with Gasteiger partial charge in [0.1, 0.15) is 5.75 Å². The van der Waals surface area contributed by atoms with Gasteiger partial charge in [-0.25, -0.2) is 9.59 Å². The number of carbonyl (C=O) groups is 2. The molecule has 25 heavy (non-hydrogen) atoms. The van der Waals surface area contributed by atoms with E-state index in [4.69, 9.17) is 9.47 Å². The van der Waals surface area contributed by atoms with Crippen LogP contribution in [-0.4, -0.2) is 18.0 Å². The van der Waals surface area contributed by atoms with Crippen LogP contribution in [0.15, 0.2) is 77.0 Å². The molecular formula is C19H18N2O4. The maximum absolute atomic E-state index is 11.9. The van der Waals surface area contributed by atoms with Crippen molar-refractivity contribution in [2.45, 2.75) is 20.0 Å². The van der Waals surface area contributed by atoms with Gasteiger partial charge in [-0.15, -0.1) is 0 Å². The number of hydrogen-bond acceptors (Lipinski definition) is 6. The highest BCUT2D eigenvalue weighted by atomic mass is 16.6. The number of nitrogens with zero attached hydrogens (tertiary/aromatic N) is 2. The van der Waals surface area contributed by atoms with Gasteiger partial charge in [0, 0.05) is 5.57 Å². The van der Waals surface area contributed by atoms with Gasteiger partial charge in [-0.2, -0.15) is 10.2 Å². The van der Waals surface area contributed by atoms with E-state index in [2.05, 4.69) is 16.8 Å². The highest BCUT2D eigenvalue weighted by Crippen LogP contribution is 2.21. The lowest BCUT2D eigenvalue weighted by atomic mass is 10.3. The van der Waals surface area contributed by atoms with Gasteiger partial charge in [0.2, 0.25) is 0 Å². The number of carbonyl (C=O) groups excluding carboxylic acids is 2. The maximum atomic E-state index is 11.9. The van der Waals surface area contributed by atoms with Gasteiger partial charge in [0.05, 0.1) is 11.4 Å². The third-order valence-corrected chi connectivity index (χ3v) is 3.06. The molecule has 0 spiro atoms. The number of benzene rings is 2. The summed E-state index contributed by atoms with van der Waals surface area (Å²) in [5.41, 5.74) is 1.57. The molecule has 0 aliphatic carbocycles. The zero-order valence-corrected chi connectivity index (χ0v) is 14.0. The van der Waals surface area contributed by atoms with Crippen LogP contribution in [0, 0.1) is 0 Å². The predicted octanol–water partition coefficient (Wildman–Crippen LogP) is 4.52. The average molecular weight is 338 g/mol. The number of esters is 2. The highest BCUT2D eigenvalue weighted by molar-refractivity contribution is 5.89. The van der Waals surface area contributed by atoms with Crippen molar-refractivity contribution >= 4 is 23.3 Å². The van der Waals surface area contributed by atoms with Crippen molar-refractivity contribution in [2.24, 2.45) is 10.2 Å². The number of azo groups is 1. The van der Waals surface area contributed by atoms with Gasteiger partial charge in [-0.3, -0.25) is 0 Å². The van der Waals surface area contributed by atoms with Crippen molar-refractivity contribution in [3.63, 3.8) is 0 Å². The zero-order chi connectivity index (χ0) is 18.2. The Balaban J connectivity index is 1.93. The molecule has 0 saturated carbocycles. The van der Waals surface area contributed by atoms with Gasteiger partial charge in [0.15, 0.2) is 6.10 Å². The van der Waals surface area contributed by atoms with Crippen molar-refractivity contribution in [3.8, 4) is 5.75 Å². The molecule has 1 atom stereocenters. The quantitative estimate of drug-likeness (QED) is 0.336. The van der Waals surface area contributed by atoms with Crippen molar-refractivity contribution < 1.29 is 19.1 Å². The van der Waals surface area contributed by atoms with Crippen LogP contribution in [0.3, 0.4) is 0 Å². The Morgan fingerprint density at radius 3 is 2.08 bits per heavy atom. The van der Waals surface area contributed by atoms with Gasteiger partial charge < -0.3 is 9.47 Å². The van der Waals surface area contributed by atoms with E-state index < -0.39 is 18.0 Å². The van der Waals surface area contributed by atoms with Gasteiger partial charge in [0.25, 0.3) is 0 Å². The summed E-state index contributed by atoms with van der Waals surface area (Å²) in [6.07, 6.45) is -1.03. The Hall–Kier alpha value is -3.28. The fourth-order valence-corrected chi connectivity index (χ4v) is 1.70. The van der Waals surface area contributed by atoms with Crippen LogP contribution >= 0.6 is 0 Å². The summed E-state index contributed by atoms with van der Waals surface area (Å²) >= 11 is 0. The Kier molecular flexibility index (Phi) is 6.17. The minimum atomic E-state index is -1.03. The van der Waals surface area contributed by atoms with Crippen molar-refractivity contribution in [1.29, 1.82) is 0 Å². The summed E-state index contributed by atoms with van der Waals surface area (Å²) in [7, 11) is 0. The second-order valence-corrected chi connectivity index (χ2v) is 5.28. The monoisotopic (exact) mass is 338 g/mol. The third kappa shape index (κ3) is 5.69. The Morgan fingerprint density at radius 1 is 0.960 bits per heavy atom. The summed E-state index contributed by atoms with van der Waals surface area (Å²) < 4.78 is 10.1. The number of ether oxygens (including phenoxy) is 2. The smallest absolute Gasteiger partial charge is 0.352 e. The van der Waals surface area contributed by atoms with Crippen molar-refractivity contribution in [3.05, 3.63) is 66.7 Å². The summed E-state index contributed by atoms with van der Waals surface area (Å²) in [4.78, 5) is 23.3. The first kappa shape index (κ1) is 18.1. The highest BCUT2D eigenvalue weighted by Gasteiger charge is 2.20. The summed E-state index contributed by atoms with van der Waals surface area (Å²) in [6, 6.07) is 15.8. The predicted molar refractivity (Wildman–Crippen MR) is 93.1 cm³/mol. The molecular weight excluding hydrogens is 320 g/mol. The molecule has 0 amide bonds. The van der Waals surface area contributed by atoms with Crippen LogP contribution < -0.4 is 4.74 Å². The molecule has 0 bridgehead atoms. The standard InChI is InChI=1S/C19H18N2O4/c1-13(2)18(22)24-14(3)19(23)25-17-11-9-16(10-12-17)21-20-15-7-5-4-6-8-15/h4-12,14H,1H2,2-3H3/t14-/m0/s1. The van der Waals surface area contributed by atoms with E-state index in [1.165, 1.54) is 13.8 Å². The van der Waals surface area contributed by atoms with E-state index in [0.717, 1.165) is 5.69 Å². The minimum absolute atomic E-state index is 0.216. The molecule has 0 aliphatic heterocycles. The first-order chi connectivity index (χ1) is 12.0. The van der Waals surface area contributed by atoms with Crippen LogP contribution in [0.1, 0.15) is 13.8 Å². The Morgan fingerprint density at radius 2 is 1.52 bits per heavy atom. The molecule has 6 nitrogen and oxygen atoms in total. The topological polar surface area (TPSA) is 77.3 Å². The molecule has 0 fully saturated rings. The molecule has 0 heterocycles. The van der Waals surface area contributed by atoms with E-state index in [0.29, 0.717) is 11.4 Å². The van der Waals surface area contributed by atoms with Crippen LogP contribution in [-0.2, 0) is 14.3 Å². The molecule has 0 saturated heterocycles. The SMILES string of the molecule is C=C(C)C(=O)O[C@@H](C)C(=O)Oc1ccc(N=Nc2ccccc2)cc1. The Labute approximate surface area is 145 Å². The number of hydrogen-bond donors (Lipinski definition) is 0. The van der Waals surface area contributed by atoms with E-state index >= 15 is 0 Å². The van der Waals surface area contributed by atoms with Crippen molar-refractivity contribution in [2.75, 3.05) is 0 Å². The summed E-state index contributed by atoms with van der Waals surface area (Å²) in [5.74, 6) is -0.990. The van der Waals surface area contributed by atoms with E-state index in [1.54, 1.807) is 24.3 Å². The van der Waals surface area contributed by atoms with Gasteiger partial charge >= 0.3 is 11.9 Å². The maximum Gasteiger partial charge on any atom is 0.352 e. The van der Waals surface area contributed by atoms with E-state index in [9.17, 15) is 9.59 Å². The lowest BCUT2D eigenvalue weighted by Gasteiger charge is -2.12. The largest absolute Gasteiger partial charge is 0.447 e. The molecule has 6 heteroatoms. The van der Waals surface area contributed by atoms with Gasteiger partial charge in [-0.1, -0.05) is 24.8 Å². The van der Waals surface area contributed by atoms with Crippen LogP contribution in [0.25, 0.3) is 0 Å². The molecule has 128 valence electrons. The molecule has 2 aromatic rings. The van der Waals surface area contributed by atoms with Gasteiger partial charge in [-0.05, 0) is 50.2 Å². The second-order valence-electron chi connectivity index (χ2n) is 5.28. The lowest BCUT2D eigenvalue weighted by Crippen LogP contribution is -2.28. The minimum Gasteiger partial charge on any atom is -0.447 e. The lowest BCUT2D eigenvalue weighted by molar-refractivity contribution is -0.158. The summed E-state index contributed by atoms with van der Waals surface area (Å²) in [6.45, 7) is 6.39. The first-order valence-corrected chi connectivity index (χ1v) is 7.61. The molecule has 0 radical (unpaired) electrons. The molecule has 0 unspecified atom stereocenters. The second kappa shape index (κ2) is 8.54. The van der Waals surface area contributed by atoms with Crippen LogP contribution in [0.2, 0.25) is 0 Å². The van der Waals surface area contributed by atoms with Crippen LogP contribution in [0.4, 0.5) is 11.4 Å². The average Bonchev–Trinajstić information content (AvgIpc) is 2.61. The third-order valence-electron chi connectivity index (χ3n) is 3.06. The Bertz CT molecular complexity index is 783. The zero-order valence-electron chi connectivity index (χ0n) is 14.0. The van der Waals surface area contributed by atoms with E-state index in [-0.39, 0.29) is 5.57 Å². The fraction of sp³-hybridized carbons (Fsp3) is 0.158. The summed E-state index contributed by atoms with van der Waals surface area (Å²) in [5, 5.41) is 8.19. The van der Waals surface area contributed by atoms with Crippen molar-refractivity contribution in [1.82, 2.24) is 0 Å². The first-order valence-electron chi connectivity index (χ1n) is 7.61. The molecule has 2 rings (SSSR count). The van der Waals surface area contributed by atoms with E-state index in [1.807, 2.05) is 30.3 Å².